The Labute approximate surface area is 135 Å². The van der Waals surface area contributed by atoms with Crippen LogP contribution in [0.3, 0.4) is 0 Å². The molecule has 21 heavy (non-hydrogen) atoms. The summed E-state index contributed by atoms with van der Waals surface area (Å²) in [6.45, 7) is 4.93. The zero-order valence-electron chi connectivity index (χ0n) is 13.2. The van der Waals surface area contributed by atoms with Crippen molar-refractivity contribution in [2.75, 3.05) is 6.54 Å². The van der Waals surface area contributed by atoms with Crippen LogP contribution >= 0.6 is 12.4 Å². The predicted octanol–water partition coefficient (Wildman–Crippen LogP) is 3.37. The van der Waals surface area contributed by atoms with E-state index in [-0.39, 0.29) is 24.4 Å². The Kier molecular flexibility index (Phi) is 11.0. The highest BCUT2D eigenvalue weighted by atomic mass is 35.5. The van der Waals surface area contributed by atoms with Gasteiger partial charge in [-0.2, -0.15) is 0 Å². The van der Waals surface area contributed by atoms with Crippen molar-refractivity contribution in [3.05, 3.63) is 35.4 Å². The van der Waals surface area contributed by atoms with E-state index in [1.807, 2.05) is 12.1 Å². The van der Waals surface area contributed by atoms with Gasteiger partial charge in [0.1, 0.15) is 0 Å². The quantitative estimate of drug-likeness (QED) is 0.687. The summed E-state index contributed by atoms with van der Waals surface area (Å²) < 4.78 is 0. The van der Waals surface area contributed by atoms with Gasteiger partial charge in [0, 0.05) is 12.5 Å². The molecule has 1 amide bonds. The third kappa shape index (κ3) is 8.74. The van der Waals surface area contributed by atoms with E-state index in [4.69, 9.17) is 5.73 Å². The molecule has 1 aromatic rings. The molecule has 1 unspecified atom stereocenters. The Balaban J connectivity index is 0.00000400. The van der Waals surface area contributed by atoms with E-state index < -0.39 is 0 Å². The fraction of sp³-hybridized carbons (Fsp3) is 0.588. The first kappa shape index (κ1) is 19.9. The van der Waals surface area contributed by atoms with Gasteiger partial charge >= 0.3 is 0 Å². The lowest BCUT2D eigenvalue weighted by molar-refractivity contribution is -0.121. The molecular formula is C17H29ClN2O. The van der Waals surface area contributed by atoms with E-state index in [0.29, 0.717) is 6.42 Å². The molecule has 0 saturated heterocycles. The number of carbonyl (C=O) groups is 1. The predicted molar refractivity (Wildman–Crippen MR) is 91.9 cm³/mol. The lowest BCUT2D eigenvalue weighted by Crippen LogP contribution is -2.34. The number of unbranched alkanes of at least 4 members (excludes halogenated alkanes) is 3. The zero-order valence-corrected chi connectivity index (χ0v) is 14.0. The average Bonchev–Trinajstić information content (AvgIpc) is 2.41. The highest BCUT2D eigenvalue weighted by Gasteiger charge is 2.09. The molecule has 1 rings (SSSR count). The summed E-state index contributed by atoms with van der Waals surface area (Å²) >= 11 is 0. The van der Waals surface area contributed by atoms with Gasteiger partial charge in [-0.05, 0) is 50.8 Å². The number of nitrogens with two attached hydrogens (primary N) is 1. The summed E-state index contributed by atoms with van der Waals surface area (Å²) in [4.78, 5) is 11.8. The number of hydrogen-bond donors (Lipinski definition) is 2. The summed E-state index contributed by atoms with van der Waals surface area (Å²) in [6, 6.07) is 8.52. The number of hydrogen-bond acceptors (Lipinski definition) is 2. The van der Waals surface area contributed by atoms with Gasteiger partial charge in [0.05, 0.1) is 0 Å². The lowest BCUT2D eigenvalue weighted by Gasteiger charge is -2.15. The minimum Gasteiger partial charge on any atom is -0.353 e. The van der Waals surface area contributed by atoms with Crippen molar-refractivity contribution >= 4 is 18.3 Å². The molecule has 0 spiro atoms. The van der Waals surface area contributed by atoms with Crippen molar-refractivity contribution in [2.24, 2.45) is 5.73 Å². The molecule has 0 aliphatic rings. The van der Waals surface area contributed by atoms with Crippen molar-refractivity contribution in [1.82, 2.24) is 5.32 Å². The topological polar surface area (TPSA) is 55.1 Å². The molecular weight excluding hydrogens is 284 g/mol. The van der Waals surface area contributed by atoms with Crippen LogP contribution in [0, 0.1) is 6.92 Å². The molecule has 0 fully saturated rings. The molecule has 4 heteroatoms. The Morgan fingerprint density at radius 3 is 2.52 bits per heavy atom. The smallest absolute Gasteiger partial charge is 0.220 e. The molecule has 3 N–H and O–H groups in total. The van der Waals surface area contributed by atoms with E-state index in [1.54, 1.807) is 0 Å². The average molecular weight is 313 g/mol. The molecule has 3 nitrogen and oxygen atoms in total. The van der Waals surface area contributed by atoms with Crippen LogP contribution in [0.5, 0.6) is 0 Å². The zero-order chi connectivity index (χ0) is 14.8. The normalized spacial score (nSPS) is 11.6. The molecule has 1 atom stereocenters. The van der Waals surface area contributed by atoms with Gasteiger partial charge in [0.25, 0.3) is 0 Å². The van der Waals surface area contributed by atoms with E-state index in [2.05, 4.69) is 31.3 Å². The first-order valence-electron chi connectivity index (χ1n) is 7.67. The van der Waals surface area contributed by atoms with Crippen LogP contribution in [0.2, 0.25) is 0 Å². The van der Waals surface area contributed by atoms with Gasteiger partial charge < -0.3 is 11.1 Å². The minimum atomic E-state index is 0. The Hall–Kier alpha value is -1.06. The van der Waals surface area contributed by atoms with Crippen LogP contribution in [0.15, 0.2) is 24.3 Å². The molecule has 0 bridgehead atoms. The van der Waals surface area contributed by atoms with Gasteiger partial charge in [-0.15, -0.1) is 12.4 Å². The van der Waals surface area contributed by atoms with Gasteiger partial charge in [-0.1, -0.05) is 37.1 Å². The summed E-state index contributed by atoms with van der Waals surface area (Å²) in [6.07, 6.45) is 5.77. The number of amides is 1. The fourth-order valence-electron chi connectivity index (χ4n) is 2.35. The van der Waals surface area contributed by atoms with Crippen molar-refractivity contribution in [1.29, 1.82) is 0 Å². The van der Waals surface area contributed by atoms with Crippen LogP contribution in [-0.4, -0.2) is 18.5 Å². The highest BCUT2D eigenvalue weighted by molar-refractivity contribution is 5.85. The van der Waals surface area contributed by atoms with Crippen LogP contribution in [-0.2, 0) is 11.2 Å². The van der Waals surface area contributed by atoms with E-state index >= 15 is 0 Å². The molecule has 0 aromatic heterocycles. The maximum absolute atomic E-state index is 11.8. The first-order valence-corrected chi connectivity index (χ1v) is 7.67. The number of rotatable bonds is 9. The van der Waals surface area contributed by atoms with E-state index in [0.717, 1.165) is 38.6 Å². The third-order valence-electron chi connectivity index (χ3n) is 3.55. The molecule has 0 aliphatic heterocycles. The summed E-state index contributed by atoms with van der Waals surface area (Å²) in [5, 5.41) is 3.08. The fourth-order valence-corrected chi connectivity index (χ4v) is 2.35. The largest absolute Gasteiger partial charge is 0.353 e. The molecule has 1 aromatic carbocycles. The van der Waals surface area contributed by atoms with Crippen LogP contribution in [0.25, 0.3) is 0 Å². The maximum Gasteiger partial charge on any atom is 0.220 e. The monoisotopic (exact) mass is 312 g/mol. The van der Waals surface area contributed by atoms with Crippen molar-refractivity contribution in [2.45, 2.75) is 58.4 Å². The minimum absolute atomic E-state index is 0. The lowest BCUT2D eigenvalue weighted by atomic mass is 10.0. The molecule has 0 saturated carbocycles. The summed E-state index contributed by atoms with van der Waals surface area (Å²) in [5.41, 5.74) is 8.04. The van der Waals surface area contributed by atoms with E-state index in [9.17, 15) is 4.79 Å². The summed E-state index contributed by atoms with van der Waals surface area (Å²) in [7, 11) is 0. The number of carbonyl (C=O) groups excluding carboxylic acids is 1. The van der Waals surface area contributed by atoms with Gasteiger partial charge in [0.15, 0.2) is 0 Å². The second-order valence-corrected chi connectivity index (χ2v) is 5.55. The van der Waals surface area contributed by atoms with Crippen molar-refractivity contribution in [3.63, 3.8) is 0 Å². The van der Waals surface area contributed by atoms with Crippen LogP contribution < -0.4 is 11.1 Å². The van der Waals surface area contributed by atoms with Crippen molar-refractivity contribution in [3.8, 4) is 0 Å². The second kappa shape index (κ2) is 11.6. The number of halogens is 1. The highest BCUT2D eigenvalue weighted by Crippen LogP contribution is 2.10. The molecule has 0 aliphatic carbocycles. The Morgan fingerprint density at radius 2 is 1.86 bits per heavy atom. The standard InChI is InChI=1S/C17H28N2O.ClH/c1-14-9-6-7-10-16(14)13-15(2)19-17(20)11-5-3-4-8-12-18;/h6-7,9-10,15H,3-5,8,11-13,18H2,1-2H3,(H,19,20);1H. The third-order valence-corrected chi connectivity index (χ3v) is 3.55. The maximum atomic E-state index is 11.8. The summed E-state index contributed by atoms with van der Waals surface area (Å²) in [5.74, 6) is 0.166. The SMILES string of the molecule is Cc1ccccc1CC(C)NC(=O)CCCCCCN.Cl. The van der Waals surface area contributed by atoms with E-state index in [1.165, 1.54) is 11.1 Å². The van der Waals surface area contributed by atoms with Crippen molar-refractivity contribution < 1.29 is 4.79 Å². The first-order chi connectivity index (χ1) is 9.63. The van der Waals surface area contributed by atoms with Crippen LogP contribution in [0.1, 0.15) is 50.2 Å². The van der Waals surface area contributed by atoms with Gasteiger partial charge in [-0.3, -0.25) is 4.79 Å². The second-order valence-electron chi connectivity index (χ2n) is 5.55. The number of nitrogens with one attached hydrogen (secondary N) is 1. The Morgan fingerprint density at radius 1 is 1.19 bits per heavy atom. The van der Waals surface area contributed by atoms with Gasteiger partial charge in [0.2, 0.25) is 5.91 Å². The molecule has 120 valence electrons. The van der Waals surface area contributed by atoms with Gasteiger partial charge in [-0.25, -0.2) is 0 Å². The Bertz CT molecular complexity index is 410. The molecule has 0 radical (unpaired) electrons. The van der Waals surface area contributed by atoms with Crippen LogP contribution in [0.4, 0.5) is 0 Å². The number of benzene rings is 1. The molecule has 0 heterocycles. The number of aryl methyl sites for hydroxylation is 1.